The van der Waals surface area contributed by atoms with Crippen LogP contribution in [0.2, 0.25) is 0 Å². The average Bonchev–Trinajstić information content (AvgIpc) is 2.96. The first kappa shape index (κ1) is 18.0. The Kier molecular flexibility index (Phi) is 4.71. The number of alkyl carbamates (subject to hydrolysis) is 1. The monoisotopic (exact) mass is 361 g/mol. The minimum absolute atomic E-state index is 0.0551. The molecular weight excluding hydrogens is 338 g/mol. The maximum absolute atomic E-state index is 12.0. The lowest BCUT2D eigenvalue weighted by atomic mass is 10.1. The molecule has 1 amide bonds. The number of hydrogen-bond acceptors (Lipinski definition) is 6. The number of nitrogens with one attached hydrogen (secondary N) is 1. The first-order valence-electron chi connectivity index (χ1n) is 8.55. The Morgan fingerprint density at radius 2 is 2.15 bits per heavy atom. The first-order valence-corrected chi connectivity index (χ1v) is 8.55. The van der Waals surface area contributed by atoms with Crippen molar-refractivity contribution in [2.75, 3.05) is 18.0 Å². The molecule has 0 saturated carbocycles. The zero-order chi connectivity index (χ0) is 18.9. The van der Waals surface area contributed by atoms with Crippen LogP contribution >= 0.6 is 0 Å². The lowest BCUT2D eigenvalue weighted by Gasteiger charge is -2.34. The number of carbonyl (C=O) groups excluding carboxylic acids is 1. The van der Waals surface area contributed by atoms with Crippen molar-refractivity contribution in [3.05, 3.63) is 24.0 Å². The van der Waals surface area contributed by atoms with Crippen molar-refractivity contribution in [3.8, 4) is 0 Å². The van der Waals surface area contributed by atoms with E-state index in [1.807, 2.05) is 25.7 Å². The van der Waals surface area contributed by atoms with Crippen LogP contribution in [-0.2, 0) is 4.74 Å². The lowest BCUT2D eigenvalue weighted by Crippen LogP contribution is -2.49. The van der Waals surface area contributed by atoms with E-state index in [0.29, 0.717) is 18.0 Å². The zero-order valence-electron chi connectivity index (χ0n) is 15.1. The number of aromatic carboxylic acids is 1. The van der Waals surface area contributed by atoms with E-state index in [9.17, 15) is 14.7 Å². The number of anilines is 1. The van der Waals surface area contributed by atoms with Crippen LogP contribution in [0.25, 0.3) is 5.65 Å². The Labute approximate surface area is 151 Å². The van der Waals surface area contributed by atoms with Gasteiger partial charge in [-0.2, -0.15) is 5.10 Å². The van der Waals surface area contributed by atoms with E-state index in [-0.39, 0.29) is 11.6 Å². The third kappa shape index (κ3) is 4.04. The molecule has 1 aliphatic rings. The van der Waals surface area contributed by atoms with Crippen molar-refractivity contribution in [1.82, 2.24) is 19.9 Å². The minimum atomic E-state index is -1.06. The molecule has 0 bridgehead atoms. The molecule has 9 heteroatoms. The molecule has 1 saturated heterocycles. The molecule has 2 N–H and O–H groups in total. The number of amides is 1. The molecule has 0 spiro atoms. The van der Waals surface area contributed by atoms with Crippen LogP contribution in [-0.4, -0.2) is 56.5 Å². The van der Waals surface area contributed by atoms with Gasteiger partial charge in [-0.15, -0.1) is 0 Å². The predicted molar refractivity (Wildman–Crippen MR) is 94.6 cm³/mol. The zero-order valence-corrected chi connectivity index (χ0v) is 15.1. The van der Waals surface area contributed by atoms with Gasteiger partial charge >= 0.3 is 12.1 Å². The fourth-order valence-electron chi connectivity index (χ4n) is 2.96. The largest absolute Gasteiger partial charge is 0.477 e. The molecule has 3 rings (SSSR count). The average molecular weight is 361 g/mol. The number of rotatable bonds is 3. The van der Waals surface area contributed by atoms with E-state index in [2.05, 4.69) is 15.4 Å². The number of fused-ring (bicyclic) bond motifs is 1. The summed E-state index contributed by atoms with van der Waals surface area (Å²) >= 11 is 0. The standard InChI is InChI=1S/C17H23N5O4/c1-17(2,3)26-16(25)19-11-5-4-7-21(10-11)13-6-8-22-14(20-13)12(9-18-22)15(23)24/h6,8-9,11H,4-5,7,10H2,1-3H3,(H,19,25)(H,23,24)/t11-/m1/s1. The summed E-state index contributed by atoms with van der Waals surface area (Å²) in [5, 5.41) is 16.1. The fraction of sp³-hybridized carbons (Fsp3) is 0.529. The molecule has 9 nitrogen and oxygen atoms in total. The third-order valence-electron chi connectivity index (χ3n) is 4.05. The summed E-state index contributed by atoms with van der Waals surface area (Å²) < 4.78 is 6.75. The summed E-state index contributed by atoms with van der Waals surface area (Å²) in [4.78, 5) is 29.8. The Bertz CT molecular complexity index is 826. The maximum atomic E-state index is 12.0. The van der Waals surface area contributed by atoms with Crippen molar-refractivity contribution in [2.24, 2.45) is 0 Å². The molecule has 1 atom stereocenters. The van der Waals surface area contributed by atoms with E-state index >= 15 is 0 Å². The number of carboxylic acids is 1. The molecule has 3 heterocycles. The first-order chi connectivity index (χ1) is 12.2. The molecule has 2 aromatic heterocycles. The normalized spacial score (nSPS) is 18.0. The number of aromatic nitrogens is 3. The van der Waals surface area contributed by atoms with Crippen LogP contribution in [0, 0.1) is 0 Å². The van der Waals surface area contributed by atoms with E-state index in [0.717, 1.165) is 19.4 Å². The summed E-state index contributed by atoms with van der Waals surface area (Å²) in [5.74, 6) is -0.399. The summed E-state index contributed by atoms with van der Waals surface area (Å²) in [6.07, 6.45) is 4.28. The number of ether oxygens (including phenoxy) is 1. The second-order valence-corrected chi connectivity index (χ2v) is 7.35. The van der Waals surface area contributed by atoms with Gasteiger partial charge in [-0.05, 0) is 39.7 Å². The van der Waals surface area contributed by atoms with Gasteiger partial charge in [-0.25, -0.2) is 19.1 Å². The van der Waals surface area contributed by atoms with Crippen molar-refractivity contribution < 1.29 is 19.4 Å². The molecular formula is C17H23N5O4. The molecule has 2 aromatic rings. The number of carbonyl (C=O) groups is 2. The molecule has 0 aromatic carbocycles. The maximum Gasteiger partial charge on any atom is 0.407 e. The second-order valence-electron chi connectivity index (χ2n) is 7.35. The summed E-state index contributed by atoms with van der Waals surface area (Å²) in [6.45, 7) is 6.84. The van der Waals surface area contributed by atoms with Gasteiger partial charge in [-0.3, -0.25) is 0 Å². The van der Waals surface area contributed by atoms with Crippen LogP contribution in [0.4, 0.5) is 10.6 Å². The van der Waals surface area contributed by atoms with Gasteiger partial charge in [0.2, 0.25) is 0 Å². The van der Waals surface area contributed by atoms with E-state index < -0.39 is 17.7 Å². The lowest BCUT2D eigenvalue weighted by molar-refractivity contribution is 0.0499. The van der Waals surface area contributed by atoms with Crippen LogP contribution in [0.3, 0.4) is 0 Å². The quantitative estimate of drug-likeness (QED) is 0.859. The van der Waals surface area contributed by atoms with Crippen molar-refractivity contribution in [2.45, 2.75) is 45.3 Å². The molecule has 140 valence electrons. The highest BCUT2D eigenvalue weighted by molar-refractivity contribution is 5.94. The number of nitrogens with zero attached hydrogens (tertiary/aromatic N) is 4. The third-order valence-corrected chi connectivity index (χ3v) is 4.05. The smallest absolute Gasteiger partial charge is 0.407 e. The van der Waals surface area contributed by atoms with Crippen LogP contribution in [0.5, 0.6) is 0 Å². The van der Waals surface area contributed by atoms with Gasteiger partial charge in [0, 0.05) is 25.3 Å². The van der Waals surface area contributed by atoms with Gasteiger partial charge in [0.15, 0.2) is 5.65 Å². The predicted octanol–water partition coefficient (Wildman–Crippen LogP) is 1.92. The van der Waals surface area contributed by atoms with Gasteiger partial charge < -0.3 is 20.1 Å². The Hall–Kier alpha value is -2.84. The molecule has 0 radical (unpaired) electrons. The Morgan fingerprint density at radius 3 is 2.85 bits per heavy atom. The highest BCUT2D eigenvalue weighted by Crippen LogP contribution is 2.20. The van der Waals surface area contributed by atoms with Gasteiger partial charge in [0.05, 0.1) is 6.20 Å². The number of piperidine rings is 1. The summed E-state index contributed by atoms with van der Waals surface area (Å²) in [7, 11) is 0. The minimum Gasteiger partial charge on any atom is -0.477 e. The molecule has 1 aliphatic heterocycles. The van der Waals surface area contributed by atoms with Crippen molar-refractivity contribution >= 4 is 23.5 Å². The van der Waals surface area contributed by atoms with Gasteiger partial charge in [0.25, 0.3) is 0 Å². The van der Waals surface area contributed by atoms with E-state index in [1.165, 1.54) is 10.7 Å². The van der Waals surface area contributed by atoms with E-state index in [1.54, 1.807) is 12.3 Å². The number of hydrogen-bond donors (Lipinski definition) is 2. The highest BCUT2D eigenvalue weighted by atomic mass is 16.6. The summed E-state index contributed by atoms with van der Waals surface area (Å²) in [5.41, 5.74) is -0.176. The second kappa shape index (κ2) is 6.81. The molecule has 1 fully saturated rings. The van der Waals surface area contributed by atoms with Gasteiger partial charge in [-0.1, -0.05) is 0 Å². The SMILES string of the molecule is CC(C)(C)OC(=O)N[C@@H]1CCCN(c2ccn3ncc(C(=O)O)c3n2)C1. The van der Waals surface area contributed by atoms with Crippen molar-refractivity contribution in [1.29, 1.82) is 0 Å². The van der Waals surface area contributed by atoms with Crippen molar-refractivity contribution in [3.63, 3.8) is 0 Å². The molecule has 26 heavy (non-hydrogen) atoms. The Balaban J connectivity index is 1.73. The number of carboxylic acid groups (broad SMARTS) is 1. The van der Waals surface area contributed by atoms with Gasteiger partial charge in [0.1, 0.15) is 17.0 Å². The Morgan fingerprint density at radius 1 is 1.38 bits per heavy atom. The highest BCUT2D eigenvalue weighted by Gasteiger charge is 2.25. The van der Waals surface area contributed by atoms with Crippen LogP contribution in [0.1, 0.15) is 44.0 Å². The van der Waals surface area contributed by atoms with Crippen LogP contribution < -0.4 is 10.2 Å². The molecule has 0 aliphatic carbocycles. The summed E-state index contributed by atoms with van der Waals surface area (Å²) in [6, 6.07) is 1.74. The fourth-order valence-corrected chi connectivity index (χ4v) is 2.96. The topological polar surface area (TPSA) is 109 Å². The van der Waals surface area contributed by atoms with E-state index in [4.69, 9.17) is 4.74 Å². The van der Waals surface area contributed by atoms with Crippen LogP contribution in [0.15, 0.2) is 18.5 Å². The molecule has 0 unspecified atom stereocenters.